The molecule has 21 heavy (non-hydrogen) atoms. The van der Waals surface area contributed by atoms with Crippen LogP contribution in [-0.2, 0) is 4.79 Å². The minimum absolute atomic E-state index is 0.243. The summed E-state index contributed by atoms with van der Waals surface area (Å²) in [6, 6.07) is 2.16. The Morgan fingerprint density at radius 3 is 2.43 bits per heavy atom. The minimum atomic E-state index is 0.243. The van der Waals surface area contributed by atoms with Crippen molar-refractivity contribution in [3.05, 3.63) is 40.5 Å². The van der Waals surface area contributed by atoms with Crippen molar-refractivity contribution < 1.29 is 9.53 Å². The van der Waals surface area contributed by atoms with Crippen LogP contribution in [0.5, 0.6) is 5.75 Å². The fourth-order valence-electron chi connectivity index (χ4n) is 3.19. The summed E-state index contributed by atoms with van der Waals surface area (Å²) in [5.41, 5.74) is 5.47. The summed E-state index contributed by atoms with van der Waals surface area (Å²) in [5, 5.41) is 0. The van der Waals surface area contributed by atoms with Crippen molar-refractivity contribution in [2.45, 2.75) is 33.1 Å². The molecule has 0 amide bonds. The topological polar surface area (TPSA) is 29.5 Å². The van der Waals surface area contributed by atoms with E-state index in [4.69, 9.17) is 4.74 Å². The molecule has 0 saturated heterocycles. The summed E-state index contributed by atoms with van der Waals surface area (Å²) in [5.74, 6) is 1.18. The second-order valence-corrected chi connectivity index (χ2v) is 6.02. The average molecular weight is 289 g/mol. The Morgan fingerprint density at radius 1 is 1.33 bits per heavy atom. The molecule has 0 fully saturated rings. The van der Waals surface area contributed by atoms with Crippen LogP contribution in [0.4, 0.5) is 0 Å². The molecular weight excluding hydrogens is 262 g/mol. The van der Waals surface area contributed by atoms with Crippen molar-refractivity contribution in [2.24, 2.45) is 0 Å². The van der Waals surface area contributed by atoms with Gasteiger partial charge >= 0.3 is 0 Å². The first kappa shape index (κ1) is 17.4. The van der Waals surface area contributed by atoms with Crippen molar-refractivity contribution in [3.63, 3.8) is 0 Å². The van der Waals surface area contributed by atoms with Gasteiger partial charge in [-0.1, -0.05) is 12.6 Å². The molecule has 1 atom stereocenters. The lowest BCUT2D eigenvalue weighted by Gasteiger charge is -2.26. The Morgan fingerprint density at radius 2 is 1.95 bits per heavy atom. The predicted molar refractivity (Wildman–Crippen MR) is 88.3 cm³/mol. The van der Waals surface area contributed by atoms with E-state index in [0.717, 1.165) is 24.1 Å². The van der Waals surface area contributed by atoms with Gasteiger partial charge in [0, 0.05) is 12.5 Å². The number of allylic oxidation sites excluding steroid dienone is 1. The summed E-state index contributed by atoms with van der Waals surface area (Å²) in [4.78, 5) is 13.1. The van der Waals surface area contributed by atoms with E-state index >= 15 is 0 Å². The van der Waals surface area contributed by atoms with E-state index in [9.17, 15) is 4.79 Å². The van der Waals surface area contributed by atoms with Crippen LogP contribution >= 0.6 is 0 Å². The first-order valence-electron chi connectivity index (χ1n) is 7.24. The lowest BCUT2D eigenvalue weighted by molar-refractivity contribution is -0.105. The van der Waals surface area contributed by atoms with Gasteiger partial charge in [0.05, 0.1) is 7.11 Å². The SMILES string of the molecule is C=C(C=O)C[C@H](CN(C)C)c1c(C)cc(C)c(OC)c1C. The van der Waals surface area contributed by atoms with E-state index in [1.165, 1.54) is 16.7 Å². The molecular formula is C18H27NO2. The third-order valence-electron chi connectivity index (χ3n) is 3.83. The Kier molecular flexibility index (Phi) is 6.16. The van der Waals surface area contributed by atoms with Gasteiger partial charge in [-0.15, -0.1) is 0 Å². The summed E-state index contributed by atoms with van der Waals surface area (Å²) < 4.78 is 5.55. The average Bonchev–Trinajstić information content (AvgIpc) is 2.37. The molecule has 1 rings (SSSR count). The highest BCUT2D eigenvalue weighted by Crippen LogP contribution is 2.36. The molecule has 116 valence electrons. The van der Waals surface area contributed by atoms with Crippen LogP contribution < -0.4 is 4.74 Å². The van der Waals surface area contributed by atoms with Crippen molar-refractivity contribution in [2.75, 3.05) is 27.7 Å². The Hall–Kier alpha value is -1.61. The summed E-state index contributed by atoms with van der Waals surface area (Å²) in [7, 11) is 5.80. The molecule has 1 aromatic carbocycles. The van der Waals surface area contributed by atoms with Crippen molar-refractivity contribution in [1.82, 2.24) is 4.90 Å². The second kappa shape index (κ2) is 7.41. The summed E-state index contributed by atoms with van der Waals surface area (Å²) >= 11 is 0. The zero-order valence-corrected chi connectivity index (χ0v) is 14.1. The fraction of sp³-hybridized carbons (Fsp3) is 0.500. The number of nitrogens with zero attached hydrogens (tertiary/aromatic N) is 1. The molecule has 3 nitrogen and oxygen atoms in total. The van der Waals surface area contributed by atoms with Gasteiger partial charge in [0.25, 0.3) is 0 Å². The number of hydrogen-bond acceptors (Lipinski definition) is 3. The number of likely N-dealkylation sites (N-methyl/N-ethyl adjacent to an activating group) is 1. The number of aldehydes is 1. The van der Waals surface area contributed by atoms with Crippen molar-refractivity contribution >= 4 is 6.29 Å². The normalized spacial score (nSPS) is 12.3. The van der Waals surface area contributed by atoms with Crippen LogP contribution in [0.1, 0.15) is 34.6 Å². The van der Waals surface area contributed by atoms with Gasteiger partial charge in [-0.3, -0.25) is 4.79 Å². The number of hydrogen-bond donors (Lipinski definition) is 0. The molecule has 0 aromatic heterocycles. The third kappa shape index (κ3) is 4.18. The molecule has 0 spiro atoms. The van der Waals surface area contributed by atoms with Crippen LogP contribution in [0, 0.1) is 20.8 Å². The number of rotatable bonds is 7. The summed E-state index contributed by atoms with van der Waals surface area (Å²) in [6.45, 7) is 11.0. The lowest BCUT2D eigenvalue weighted by Crippen LogP contribution is -2.22. The van der Waals surface area contributed by atoms with Crippen LogP contribution in [0.2, 0.25) is 0 Å². The van der Waals surface area contributed by atoms with Crippen molar-refractivity contribution in [1.29, 1.82) is 0 Å². The van der Waals surface area contributed by atoms with Gasteiger partial charge in [-0.05, 0) is 69.1 Å². The maximum atomic E-state index is 11.0. The van der Waals surface area contributed by atoms with Gasteiger partial charge < -0.3 is 9.64 Å². The molecule has 0 unspecified atom stereocenters. The van der Waals surface area contributed by atoms with Crippen LogP contribution in [0.15, 0.2) is 18.2 Å². The molecule has 0 aliphatic heterocycles. The van der Waals surface area contributed by atoms with E-state index in [-0.39, 0.29) is 5.92 Å². The van der Waals surface area contributed by atoms with Crippen LogP contribution in [0.25, 0.3) is 0 Å². The number of ether oxygens (including phenoxy) is 1. The molecule has 0 aliphatic rings. The molecule has 0 heterocycles. The van der Waals surface area contributed by atoms with Gasteiger partial charge in [0.1, 0.15) is 12.0 Å². The third-order valence-corrected chi connectivity index (χ3v) is 3.83. The molecule has 0 saturated carbocycles. The monoisotopic (exact) mass is 289 g/mol. The van der Waals surface area contributed by atoms with Gasteiger partial charge in [0.2, 0.25) is 0 Å². The van der Waals surface area contributed by atoms with E-state index in [2.05, 4.69) is 38.3 Å². The highest BCUT2D eigenvalue weighted by molar-refractivity contribution is 5.72. The first-order valence-corrected chi connectivity index (χ1v) is 7.24. The Bertz CT molecular complexity index is 533. The Labute approximate surface area is 128 Å². The van der Waals surface area contributed by atoms with Gasteiger partial charge in [-0.2, -0.15) is 0 Å². The fourth-order valence-corrected chi connectivity index (χ4v) is 3.19. The maximum Gasteiger partial charge on any atom is 0.145 e. The number of carbonyl (C=O) groups excluding carboxylic acids is 1. The number of methoxy groups -OCH3 is 1. The molecule has 0 aliphatic carbocycles. The smallest absolute Gasteiger partial charge is 0.145 e. The molecule has 0 N–H and O–H groups in total. The highest BCUT2D eigenvalue weighted by atomic mass is 16.5. The molecule has 0 radical (unpaired) electrons. The van der Waals surface area contributed by atoms with E-state index in [1.54, 1.807) is 7.11 Å². The van der Waals surface area contributed by atoms with Gasteiger partial charge in [0.15, 0.2) is 0 Å². The zero-order chi connectivity index (χ0) is 16.2. The first-order chi connectivity index (χ1) is 9.81. The quantitative estimate of drug-likeness (QED) is 0.569. The predicted octanol–water partition coefficient (Wildman–Crippen LogP) is 3.41. The largest absolute Gasteiger partial charge is 0.496 e. The lowest BCUT2D eigenvalue weighted by atomic mass is 9.85. The number of aryl methyl sites for hydroxylation is 2. The zero-order valence-electron chi connectivity index (χ0n) is 14.1. The van der Waals surface area contributed by atoms with Crippen molar-refractivity contribution in [3.8, 4) is 5.75 Å². The maximum absolute atomic E-state index is 11.0. The highest BCUT2D eigenvalue weighted by Gasteiger charge is 2.21. The minimum Gasteiger partial charge on any atom is -0.496 e. The Balaban J connectivity index is 3.35. The van der Waals surface area contributed by atoms with E-state index < -0.39 is 0 Å². The number of carbonyl (C=O) groups is 1. The molecule has 0 bridgehead atoms. The second-order valence-electron chi connectivity index (χ2n) is 6.02. The standard InChI is InChI=1S/C18H27NO2/c1-12(11-20)8-16(10-19(5)6)17-13(2)9-14(3)18(21-7)15(17)4/h9,11,16H,1,8,10H2,2-7H3/t16-/m1/s1. The van der Waals surface area contributed by atoms with Gasteiger partial charge in [-0.25, -0.2) is 0 Å². The number of benzene rings is 1. The molecule has 3 heteroatoms. The van der Waals surface area contributed by atoms with Crippen LogP contribution in [0.3, 0.4) is 0 Å². The van der Waals surface area contributed by atoms with E-state index in [1.807, 2.05) is 14.1 Å². The van der Waals surface area contributed by atoms with Crippen LogP contribution in [-0.4, -0.2) is 38.9 Å². The summed E-state index contributed by atoms with van der Waals surface area (Å²) in [6.07, 6.45) is 1.54. The molecule has 1 aromatic rings. The van der Waals surface area contributed by atoms with E-state index in [0.29, 0.717) is 12.0 Å².